The van der Waals surface area contributed by atoms with Crippen LogP contribution < -0.4 is 15.8 Å². The maximum Gasteiger partial charge on any atom is 0.387 e. The molecule has 0 saturated carbocycles. The number of ether oxygens (including phenoxy) is 1. The third-order valence-electron chi connectivity index (χ3n) is 2.89. The van der Waals surface area contributed by atoms with Crippen molar-refractivity contribution in [2.75, 3.05) is 0 Å². The van der Waals surface area contributed by atoms with Gasteiger partial charge >= 0.3 is 6.61 Å². The van der Waals surface area contributed by atoms with Gasteiger partial charge in [0, 0.05) is 6.54 Å². The van der Waals surface area contributed by atoms with Gasteiger partial charge in [0.15, 0.2) is 0 Å². The van der Waals surface area contributed by atoms with E-state index in [1.165, 1.54) is 12.1 Å². The molecule has 0 aromatic heterocycles. The van der Waals surface area contributed by atoms with Gasteiger partial charge in [-0.15, -0.1) is 12.4 Å². The Morgan fingerprint density at radius 3 is 2.43 bits per heavy atom. The standard InChI is InChI=1S/C14H20F2N2O2.ClH/c1-3-8-14(2,17)12(19)18-9-10-4-6-11(7-5-10)20-13(15)16;/h4-7,13H,3,8-9,17H2,1-2H3,(H,18,19);1H. The van der Waals surface area contributed by atoms with Crippen LogP contribution in [-0.4, -0.2) is 18.1 Å². The Balaban J connectivity index is 0.00000400. The summed E-state index contributed by atoms with van der Waals surface area (Å²) in [4.78, 5) is 11.9. The normalized spacial score (nSPS) is 13.2. The molecule has 0 spiro atoms. The zero-order valence-corrected chi connectivity index (χ0v) is 12.9. The van der Waals surface area contributed by atoms with Crippen LogP contribution in [0.15, 0.2) is 24.3 Å². The molecule has 21 heavy (non-hydrogen) atoms. The van der Waals surface area contributed by atoms with Crippen molar-refractivity contribution in [3.63, 3.8) is 0 Å². The molecule has 4 nitrogen and oxygen atoms in total. The molecular formula is C14H21ClF2N2O2. The summed E-state index contributed by atoms with van der Waals surface area (Å²) in [5.41, 5.74) is 5.79. The Hall–Kier alpha value is -1.40. The van der Waals surface area contributed by atoms with Crippen molar-refractivity contribution in [1.29, 1.82) is 0 Å². The van der Waals surface area contributed by atoms with E-state index < -0.39 is 12.2 Å². The molecule has 1 aromatic carbocycles. The second-order valence-electron chi connectivity index (χ2n) is 4.87. The monoisotopic (exact) mass is 322 g/mol. The van der Waals surface area contributed by atoms with Crippen LogP contribution in [0.25, 0.3) is 0 Å². The largest absolute Gasteiger partial charge is 0.435 e. The molecule has 0 aliphatic heterocycles. The summed E-state index contributed by atoms with van der Waals surface area (Å²) >= 11 is 0. The minimum absolute atomic E-state index is 0. The topological polar surface area (TPSA) is 64.4 Å². The molecule has 120 valence electrons. The third-order valence-corrected chi connectivity index (χ3v) is 2.89. The van der Waals surface area contributed by atoms with E-state index in [4.69, 9.17) is 5.73 Å². The van der Waals surface area contributed by atoms with Crippen molar-refractivity contribution in [2.45, 2.75) is 45.4 Å². The molecule has 0 radical (unpaired) electrons. The smallest absolute Gasteiger partial charge is 0.387 e. The van der Waals surface area contributed by atoms with Crippen LogP contribution in [0.5, 0.6) is 5.75 Å². The van der Waals surface area contributed by atoms with Crippen molar-refractivity contribution in [3.8, 4) is 5.75 Å². The summed E-state index contributed by atoms with van der Waals surface area (Å²) in [5.74, 6) is -0.142. The average molecular weight is 323 g/mol. The fraction of sp³-hybridized carbons (Fsp3) is 0.500. The van der Waals surface area contributed by atoms with E-state index >= 15 is 0 Å². The summed E-state index contributed by atoms with van der Waals surface area (Å²) in [5, 5.41) is 2.73. The first kappa shape index (κ1) is 19.6. The van der Waals surface area contributed by atoms with Crippen LogP contribution >= 0.6 is 12.4 Å². The van der Waals surface area contributed by atoms with Crippen LogP contribution in [0, 0.1) is 0 Å². The second-order valence-corrected chi connectivity index (χ2v) is 4.87. The maximum absolute atomic E-state index is 12.0. The van der Waals surface area contributed by atoms with Gasteiger partial charge in [-0.2, -0.15) is 8.78 Å². The molecule has 1 atom stereocenters. The van der Waals surface area contributed by atoms with Crippen molar-refractivity contribution >= 4 is 18.3 Å². The molecule has 1 amide bonds. The lowest BCUT2D eigenvalue weighted by Gasteiger charge is -2.22. The van der Waals surface area contributed by atoms with Crippen LogP contribution in [0.4, 0.5) is 8.78 Å². The third kappa shape index (κ3) is 6.73. The minimum Gasteiger partial charge on any atom is -0.435 e. The molecule has 1 unspecified atom stereocenters. The Morgan fingerprint density at radius 2 is 1.95 bits per heavy atom. The van der Waals surface area contributed by atoms with E-state index in [-0.39, 0.29) is 24.1 Å². The first-order valence-electron chi connectivity index (χ1n) is 6.46. The molecule has 0 aliphatic rings. The molecule has 1 aromatic rings. The van der Waals surface area contributed by atoms with Crippen molar-refractivity contribution < 1.29 is 18.3 Å². The van der Waals surface area contributed by atoms with Crippen LogP contribution in [-0.2, 0) is 11.3 Å². The summed E-state index contributed by atoms with van der Waals surface area (Å²) in [7, 11) is 0. The predicted octanol–water partition coefficient (Wildman–Crippen LogP) is 2.84. The van der Waals surface area contributed by atoms with Gasteiger partial charge in [-0.05, 0) is 31.0 Å². The quantitative estimate of drug-likeness (QED) is 0.811. The van der Waals surface area contributed by atoms with Gasteiger partial charge in [-0.3, -0.25) is 4.79 Å². The molecule has 0 aliphatic carbocycles. The van der Waals surface area contributed by atoms with Crippen molar-refractivity contribution in [3.05, 3.63) is 29.8 Å². The fourth-order valence-electron chi connectivity index (χ4n) is 1.81. The van der Waals surface area contributed by atoms with Gasteiger partial charge in [0.2, 0.25) is 5.91 Å². The highest BCUT2D eigenvalue weighted by Gasteiger charge is 2.26. The number of hydrogen-bond acceptors (Lipinski definition) is 3. The number of halogens is 3. The summed E-state index contributed by atoms with van der Waals surface area (Å²) in [6.07, 6.45) is 1.42. The molecule has 0 fully saturated rings. The zero-order chi connectivity index (χ0) is 15.2. The van der Waals surface area contributed by atoms with Gasteiger partial charge in [0.05, 0.1) is 5.54 Å². The molecule has 3 N–H and O–H groups in total. The van der Waals surface area contributed by atoms with Crippen molar-refractivity contribution in [1.82, 2.24) is 5.32 Å². The molecule has 0 saturated heterocycles. The lowest BCUT2D eigenvalue weighted by atomic mass is 9.96. The number of nitrogens with two attached hydrogens (primary N) is 1. The lowest BCUT2D eigenvalue weighted by molar-refractivity contribution is -0.126. The van der Waals surface area contributed by atoms with E-state index in [9.17, 15) is 13.6 Å². The van der Waals surface area contributed by atoms with Gasteiger partial charge in [-0.25, -0.2) is 0 Å². The number of nitrogens with one attached hydrogen (secondary N) is 1. The van der Waals surface area contributed by atoms with Gasteiger partial charge in [0.25, 0.3) is 0 Å². The molecule has 1 rings (SSSR count). The minimum atomic E-state index is -2.84. The summed E-state index contributed by atoms with van der Waals surface area (Å²) in [6, 6.07) is 6.10. The predicted molar refractivity (Wildman–Crippen MR) is 79.7 cm³/mol. The first-order valence-corrected chi connectivity index (χ1v) is 6.46. The van der Waals surface area contributed by atoms with E-state index in [1.807, 2.05) is 6.92 Å². The second kappa shape index (κ2) is 8.79. The fourth-order valence-corrected chi connectivity index (χ4v) is 1.81. The molecule has 7 heteroatoms. The Bertz CT molecular complexity index is 439. The van der Waals surface area contributed by atoms with E-state index in [0.717, 1.165) is 12.0 Å². The molecular weight excluding hydrogens is 302 g/mol. The molecule has 0 heterocycles. The Labute approximate surface area is 129 Å². The number of alkyl halides is 2. The number of benzene rings is 1. The highest BCUT2D eigenvalue weighted by molar-refractivity contribution is 5.85. The van der Waals surface area contributed by atoms with Crippen LogP contribution in [0.3, 0.4) is 0 Å². The number of carbonyl (C=O) groups is 1. The Kier molecular flexibility index (Phi) is 8.21. The number of rotatable bonds is 7. The van der Waals surface area contributed by atoms with Gasteiger partial charge in [-0.1, -0.05) is 25.5 Å². The van der Waals surface area contributed by atoms with Gasteiger partial charge in [0.1, 0.15) is 5.75 Å². The summed E-state index contributed by atoms with van der Waals surface area (Å²) < 4.78 is 28.2. The van der Waals surface area contributed by atoms with E-state index in [2.05, 4.69) is 10.1 Å². The number of carbonyl (C=O) groups excluding carboxylic acids is 1. The van der Waals surface area contributed by atoms with Crippen molar-refractivity contribution in [2.24, 2.45) is 5.73 Å². The SMILES string of the molecule is CCCC(C)(N)C(=O)NCc1ccc(OC(F)F)cc1.Cl. The van der Waals surface area contributed by atoms with E-state index in [1.54, 1.807) is 19.1 Å². The highest BCUT2D eigenvalue weighted by Crippen LogP contribution is 2.15. The summed E-state index contributed by atoms with van der Waals surface area (Å²) in [6.45, 7) is 1.10. The zero-order valence-electron chi connectivity index (χ0n) is 12.1. The molecule has 0 bridgehead atoms. The van der Waals surface area contributed by atoms with Crippen LogP contribution in [0.2, 0.25) is 0 Å². The van der Waals surface area contributed by atoms with Gasteiger partial charge < -0.3 is 15.8 Å². The highest BCUT2D eigenvalue weighted by atomic mass is 35.5. The lowest BCUT2D eigenvalue weighted by Crippen LogP contribution is -2.51. The number of hydrogen-bond donors (Lipinski definition) is 2. The van der Waals surface area contributed by atoms with E-state index in [0.29, 0.717) is 13.0 Å². The van der Waals surface area contributed by atoms with Crippen LogP contribution in [0.1, 0.15) is 32.3 Å². The average Bonchev–Trinajstić information content (AvgIpc) is 2.36. The first-order chi connectivity index (χ1) is 9.35. The number of amides is 1. The Morgan fingerprint density at radius 1 is 1.38 bits per heavy atom. The maximum atomic E-state index is 12.0.